The van der Waals surface area contributed by atoms with Crippen LogP contribution in [-0.4, -0.2) is 20.9 Å². The largest absolute Gasteiger partial charge is 0.254 e. The molecule has 5 heteroatoms. The van der Waals surface area contributed by atoms with Crippen LogP contribution in [0.15, 0.2) is 29.4 Å². The van der Waals surface area contributed by atoms with Gasteiger partial charge in [-0.15, -0.1) is 0 Å². The molecular formula is C15H20ClN3S. The summed E-state index contributed by atoms with van der Waals surface area (Å²) in [5, 5.41) is 8.94. The van der Waals surface area contributed by atoms with Crippen molar-refractivity contribution < 1.29 is 0 Å². The lowest BCUT2D eigenvalue weighted by Crippen LogP contribution is -1.90. The van der Waals surface area contributed by atoms with Gasteiger partial charge in [0.2, 0.25) is 0 Å². The number of hydrogen-bond acceptors (Lipinski definition) is 3. The fourth-order valence-corrected chi connectivity index (χ4v) is 2.85. The SMILES string of the molecule is CCCCCCSc1nc(Cc2ccc(Cl)cc2)n[nH]1. The molecule has 0 atom stereocenters. The van der Waals surface area contributed by atoms with Crippen LogP contribution in [0.1, 0.15) is 44.0 Å². The predicted octanol–water partition coefficient (Wildman–Crippen LogP) is 4.72. The standard InChI is InChI=1S/C15H20ClN3S/c1-2-3-4-5-10-20-15-17-14(18-19-15)11-12-6-8-13(16)9-7-12/h6-9H,2-5,10-11H2,1H3,(H,17,18,19). The lowest BCUT2D eigenvalue weighted by molar-refractivity contribution is 0.706. The summed E-state index contributed by atoms with van der Waals surface area (Å²) in [5.41, 5.74) is 1.17. The molecule has 0 unspecified atom stereocenters. The van der Waals surface area contributed by atoms with Crippen LogP contribution in [0.2, 0.25) is 5.02 Å². The van der Waals surface area contributed by atoms with Gasteiger partial charge in [0.05, 0.1) is 0 Å². The number of rotatable bonds is 8. The maximum absolute atomic E-state index is 5.87. The Kier molecular flexibility index (Phi) is 6.40. The van der Waals surface area contributed by atoms with Crippen LogP contribution in [0.5, 0.6) is 0 Å². The Hall–Kier alpha value is -1.00. The van der Waals surface area contributed by atoms with E-state index in [1.807, 2.05) is 24.3 Å². The van der Waals surface area contributed by atoms with E-state index in [2.05, 4.69) is 22.1 Å². The van der Waals surface area contributed by atoms with Crippen molar-refractivity contribution >= 4 is 23.4 Å². The summed E-state index contributed by atoms with van der Waals surface area (Å²) in [4.78, 5) is 4.51. The van der Waals surface area contributed by atoms with E-state index in [9.17, 15) is 0 Å². The molecule has 2 rings (SSSR count). The maximum atomic E-state index is 5.87. The summed E-state index contributed by atoms with van der Waals surface area (Å²) in [7, 11) is 0. The molecule has 0 aliphatic heterocycles. The van der Waals surface area contributed by atoms with Gasteiger partial charge in [0.15, 0.2) is 11.0 Å². The fourth-order valence-electron chi connectivity index (χ4n) is 1.91. The van der Waals surface area contributed by atoms with E-state index in [1.54, 1.807) is 11.8 Å². The van der Waals surface area contributed by atoms with Gasteiger partial charge in [-0.25, -0.2) is 4.98 Å². The lowest BCUT2D eigenvalue weighted by atomic mass is 10.1. The minimum Gasteiger partial charge on any atom is -0.254 e. The highest BCUT2D eigenvalue weighted by Crippen LogP contribution is 2.17. The highest BCUT2D eigenvalue weighted by atomic mass is 35.5. The van der Waals surface area contributed by atoms with Gasteiger partial charge in [-0.3, -0.25) is 5.10 Å². The highest BCUT2D eigenvalue weighted by Gasteiger charge is 2.05. The molecule has 0 aliphatic carbocycles. The monoisotopic (exact) mass is 309 g/mol. The number of nitrogens with one attached hydrogen (secondary N) is 1. The summed E-state index contributed by atoms with van der Waals surface area (Å²) in [6.07, 6.45) is 5.88. The molecule has 0 spiro atoms. The van der Waals surface area contributed by atoms with Crippen LogP contribution in [0, 0.1) is 0 Å². The zero-order valence-corrected chi connectivity index (χ0v) is 13.3. The molecule has 1 heterocycles. The van der Waals surface area contributed by atoms with Crippen molar-refractivity contribution in [1.29, 1.82) is 0 Å². The van der Waals surface area contributed by atoms with Gasteiger partial charge in [-0.1, -0.05) is 61.7 Å². The number of hydrogen-bond donors (Lipinski definition) is 1. The summed E-state index contributed by atoms with van der Waals surface area (Å²) in [5.74, 6) is 1.94. The summed E-state index contributed by atoms with van der Waals surface area (Å²) in [6, 6.07) is 7.81. The topological polar surface area (TPSA) is 41.6 Å². The first-order valence-corrected chi connectivity index (χ1v) is 8.43. The van der Waals surface area contributed by atoms with Crippen molar-refractivity contribution in [2.75, 3.05) is 5.75 Å². The van der Waals surface area contributed by atoms with Crippen LogP contribution in [0.3, 0.4) is 0 Å². The molecule has 108 valence electrons. The van der Waals surface area contributed by atoms with Crippen molar-refractivity contribution in [3.05, 3.63) is 40.7 Å². The van der Waals surface area contributed by atoms with Gasteiger partial charge in [-0.05, 0) is 24.1 Å². The third-order valence-electron chi connectivity index (χ3n) is 3.02. The second-order valence-corrected chi connectivity index (χ2v) is 6.29. The molecule has 0 aliphatic rings. The molecule has 0 radical (unpaired) electrons. The van der Waals surface area contributed by atoms with Crippen molar-refractivity contribution in [1.82, 2.24) is 15.2 Å². The summed E-state index contributed by atoms with van der Waals surface area (Å²) in [6.45, 7) is 2.23. The fraction of sp³-hybridized carbons (Fsp3) is 0.467. The summed E-state index contributed by atoms with van der Waals surface area (Å²) >= 11 is 7.63. The van der Waals surface area contributed by atoms with Crippen LogP contribution < -0.4 is 0 Å². The smallest absolute Gasteiger partial charge is 0.183 e. The van der Waals surface area contributed by atoms with E-state index in [1.165, 1.54) is 31.2 Å². The van der Waals surface area contributed by atoms with Crippen LogP contribution in [-0.2, 0) is 6.42 Å². The molecule has 1 N–H and O–H groups in total. The molecule has 0 saturated heterocycles. The number of H-pyrrole nitrogens is 1. The Balaban J connectivity index is 1.78. The predicted molar refractivity (Wildman–Crippen MR) is 85.5 cm³/mol. The quantitative estimate of drug-likeness (QED) is 0.566. The number of halogens is 1. The number of thioether (sulfide) groups is 1. The van der Waals surface area contributed by atoms with Crippen LogP contribution in [0.4, 0.5) is 0 Å². The average Bonchev–Trinajstić information content (AvgIpc) is 2.89. The molecule has 0 bridgehead atoms. The molecule has 1 aromatic carbocycles. The van der Waals surface area contributed by atoms with E-state index in [0.717, 1.165) is 28.2 Å². The molecule has 3 nitrogen and oxygen atoms in total. The number of unbranched alkanes of at least 4 members (excludes halogenated alkanes) is 3. The lowest BCUT2D eigenvalue weighted by Gasteiger charge is -1.97. The molecule has 20 heavy (non-hydrogen) atoms. The van der Waals surface area contributed by atoms with E-state index >= 15 is 0 Å². The van der Waals surface area contributed by atoms with Crippen molar-refractivity contribution in [2.45, 2.75) is 44.2 Å². The Labute approximate surface area is 129 Å². The molecule has 0 saturated carbocycles. The Morgan fingerprint density at radius 3 is 2.70 bits per heavy atom. The first kappa shape index (κ1) is 15.4. The maximum Gasteiger partial charge on any atom is 0.183 e. The van der Waals surface area contributed by atoms with Crippen LogP contribution in [0.25, 0.3) is 0 Å². The van der Waals surface area contributed by atoms with Crippen molar-refractivity contribution in [2.24, 2.45) is 0 Å². The average molecular weight is 310 g/mol. The van der Waals surface area contributed by atoms with Gasteiger partial charge in [-0.2, -0.15) is 5.10 Å². The van der Waals surface area contributed by atoms with E-state index < -0.39 is 0 Å². The second kappa shape index (κ2) is 8.32. The third-order valence-corrected chi connectivity index (χ3v) is 4.22. The molecule has 1 aromatic heterocycles. The normalized spacial score (nSPS) is 10.9. The minimum absolute atomic E-state index is 0.740. The van der Waals surface area contributed by atoms with Gasteiger partial charge in [0, 0.05) is 17.2 Å². The third kappa shape index (κ3) is 5.17. The van der Waals surface area contributed by atoms with Gasteiger partial charge >= 0.3 is 0 Å². The number of aromatic nitrogens is 3. The van der Waals surface area contributed by atoms with Crippen molar-refractivity contribution in [3.8, 4) is 0 Å². The second-order valence-electron chi connectivity index (χ2n) is 4.77. The van der Waals surface area contributed by atoms with E-state index in [4.69, 9.17) is 11.6 Å². The Morgan fingerprint density at radius 1 is 1.15 bits per heavy atom. The number of aromatic amines is 1. The molecule has 0 fully saturated rings. The highest BCUT2D eigenvalue weighted by molar-refractivity contribution is 7.99. The minimum atomic E-state index is 0.740. The first-order valence-electron chi connectivity index (χ1n) is 7.06. The van der Waals surface area contributed by atoms with E-state index in [-0.39, 0.29) is 0 Å². The van der Waals surface area contributed by atoms with E-state index in [0.29, 0.717) is 0 Å². The Morgan fingerprint density at radius 2 is 1.95 bits per heavy atom. The molecule has 0 amide bonds. The number of nitrogens with zero attached hydrogens (tertiary/aromatic N) is 2. The van der Waals surface area contributed by atoms with Crippen LogP contribution >= 0.6 is 23.4 Å². The summed E-state index contributed by atoms with van der Waals surface area (Å²) < 4.78 is 0. The molecular weight excluding hydrogens is 290 g/mol. The first-order chi connectivity index (χ1) is 9.78. The van der Waals surface area contributed by atoms with Crippen molar-refractivity contribution in [3.63, 3.8) is 0 Å². The number of benzene rings is 1. The molecule has 2 aromatic rings. The van der Waals surface area contributed by atoms with Gasteiger partial charge in [0.1, 0.15) is 0 Å². The van der Waals surface area contributed by atoms with Gasteiger partial charge < -0.3 is 0 Å². The zero-order chi connectivity index (χ0) is 14.2. The zero-order valence-electron chi connectivity index (χ0n) is 11.7. The Bertz CT molecular complexity index is 510. The van der Waals surface area contributed by atoms with Gasteiger partial charge in [0.25, 0.3) is 0 Å².